The molecular weight excluding hydrogens is 214 g/mol. The first-order chi connectivity index (χ1) is 7.28. The van der Waals surface area contributed by atoms with Gasteiger partial charge in [0.1, 0.15) is 6.26 Å². The van der Waals surface area contributed by atoms with Crippen LogP contribution in [0.25, 0.3) is 0 Å². The van der Waals surface area contributed by atoms with Gasteiger partial charge in [-0.05, 0) is 6.92 Å². The normalized spacial score (nSPS) is 10.5. The maximum atomic E-state index is 8.80. The smallest absolute Gasteiger partial charge is 0.263 e. The van der Waals surface area contributed by atoms with Gasteiger partial charge in [-0.1, -0.05) is 0 Å². The van der Waals surface area contributed by atoms with Gasteiger partial charge in [0.15, 0.2) is 5.16 Å². The zero-order valence-electron chi connectivity index (χ0n) is 8.04. The van der Waals surface area contributed by atoms with Crippen LogP contribution in [-0.2, 0) is 6.61 Å². The minimum Gasteiger partial charge on any atom is -0.439 e. The lowest BCUT2D eigenvalue weighted by Crippen LogP contribution is -1.90. The highest BCUT2D eigenvalue weighted by atomic mass is 32.2. The topological polar surface area (TPSA) is 72.0 Å². The van der Waals surface area contributed by atoms with Crippen LogP contribution in [0.5, 0.6) is 0 Å². The summed E-state index contributed by atoms with van der Waals surface area (Å²) in [6, 6.07) is 0. The molecule has 0 spiro atoms. The van der Waals surface area contributed by atoms with E-state index in [9.17, 15) is 0 Å². The van der Waals surface area contributed by atoms with Crippen molar-refractivity contribution in [1.29, 1.82) is 0 Å². The van der Waals surface area contributed by atoms with Gasteiger partial charge in [-0.3, -0.25) is 0 Å². The molecule has 2 rings (SSSR count). The summed E-state index contributed by atoms with van der Waals surface area (Å²) in [6.45, 7) is 1.80. The van der Waals surface area contributed by atoms with E-state index in [1.807, 2.05) is 6.92 Å². The monoisotopic (exact) mass is 223 g/mol. The number of aliphatic hydroxyl groups is 1. The first-order valence-corrected chi connectivity index (χ1v) is 5.11. The second kappa shape index (κ2) is 4.41. The van der Waals surface area contributed by atoms with Crippen LogP contribution in [0.15, 0.2) is 33.5 Å². The highest BCUT2D eigenvalue weighted by Crippen LogP contribution is 2.22. The minimum absolute atomic E-state index is 0.0525. The molecule has 0 atom stereocenters. The number of aromatic nitrogens is 3. The van der Waals surface area contributed by atoms with Gasteiger partial charge in [-0.2, -0.15) is 0 Å². The van der Waals surface area contributed by atoms with Crippen LogP contribution in [0.3, 0.4) is 0 Å². The molecule has 0 unspecified atom stereocenters. The molecule has 2 heterocycles. The molecule has 0 radical (unpaired) electrons. The third kappa shape index (κ3) is 2.54. The summed E-state index contributed by atoms with van der Waals surface area (Å²) in [5.74, 6) is 0. The summed E-state index contributed by atoms with van der Waals surface area (Å²) in [7, 11) is 0. The summed E-state index contributed by atoms with van der Waals surface area (Å²) < 4.78 is 5.15. The molecule has 0 aliphatic carbocycles. The van der Waals surface area contributed by atoms with E-state index in [1.54, 1.807) is 18.7 Å². The number of nitrogens with zero attached hydrogens (tertiary/aromatic N) is 3. The molecule has 6 heteroatoms. The second-order valence-corrected chi connectivity index (χ2v) is 3.81. The second-order valence-electron chi connectivity index (χ2n) is 2.89. The Hall–Kier alpha value is -1.40. The molecule has 2 aromatic heterocycles. The number of aliphatic hydroxyl groups excluding tert-OH is 1. The van der Waals surface area contributed by atoms with E-state index in [0.717, 1.165) is 5.69 Å². The summed E-state index contributed by atoms with van der Waals surface area (Å²) in [6.07, 6.45) is 4.72. The van der Waals surface area contributed by atoms with Crippen molar-refractivity contribution in [3.63, 3.8) is 0 Å². The van der Waals surface area contributed by atoms with E-state index in [2.05, 4.69) is 15.0 Å². The van der Waals surface area contributed by atoms with E-state index in [1.165, 1.54) is 11.8 Å². The lowest BCUT2D eigenvalue weighted by atomic mass is 10.4. The molecular formula is C9H9N3O2S. The molecule has 0 amide bonds. The van der Waals surface area contributed by atoms with Crippen molar-refractivity contribution in [2.24, 2.45) is 0 Å². The Bertz CT molecular complexity index is 441. The fourth-order valence-electron chi connectivity index (χ4n) is 0.935. The van der Waals surface area contributed by atoms with Gasteiger partial charge in [0, 0.05) is 29.7 Å². The lowest BCUT2D eigenvalue weighted by molar-refractivity contribution is 0.280. The molecule has 0 aliphatic heterocycles. The van der Waals surface area contributed by atoms with Gasteiger partial charge >= 0.3 is 0 Å². The van der Waals surface area contributed by atoms with E-state index in [0.29, 0.717) is 15.9 Å². The largest absolute Gasteiger partial charge is 0.439 e. The van der Waals surface area contributed by atoms with Gasteiger partial charge < -0.3 is 9.52 Å². The van der Waals surface area contributed by atoms with Gasteiger partial charge in [-0.25, -0.2) is 15.0 Å². The van der Waals surface area contributed by atoms with Crippen molar-refractivity contribution < 1.29 is 9.52 Å². The van der Waals surface area contributed by atoms with Crippen LogP contribution in [0.1, 0.15) is 11.3 Å². The van der Waals surface area contributed by atoms with Crippen molar-refractivity contribution in [3.05, 3.63) is 29.9 Å². The summed E-state index contributed by atoms with van der Waals surface area (Å²) in [4.78, 5) is 12.2. The Labute approximate surface area is 90.6 Å². The van der Waals surface area contributed by atoms with Crippen molar-refractivity contribution >= 4 is 11.8 Å². The average Bonchev–Trinajstić information content (AvgIpc) is 2.65. The number of hydrogen-bond acceptors (Lipinski definition) is 6. The number of rotatable bonds is 3. The quantitative estimate of drug-likeness (QED) is 0.793. The van der Waals surface area contributed by atoms with E-state index in [4.69, 9.17) is 9.52 Å². The molecule has 78 valence electrons. The van der Waals surface area contributed by atoms with Crippen LogP contribution in [0.4, 0.5) is 0 Å². The molecule has 15 heavy (non-hydrogen) atoms. The summed E-state index contributed by atoms with van der Waals surface area (Å²) >= 11 is 1.25. The molecule has 0 fully saturated rings. The Kier molecular flexibility index (Phi) is 2.98. The molecule has 2 aromatic rings. The zero-order valence-corrected chi connectivity index (χ0v) is 8.86. The predicted molar refractivity (Wildman–Crippen MR) is 53.3 cm³/mol. The molecule has 0 bridgehead atoms. The number of hydrogen-bond donors (Lipinski definition) is 1. The van der Waals surface area contributed by atoms with Crippen molar-refractivity contribution in [2.75, 3.05) is 0 Å². The van der Waals surface area contributed by atoms with Crippen molar-refractivity contribution in [3.8, 4) is 0 Å². The van der Waals surface area contributed by atoms with Gasteiger partial charge in [0.05, 0.1) is 12.3 Å². The van der Waals surface area contributed by atoms with Crippen LogP contribution in [0.2, 0.25) is 0 Å². The Morgan fingerprint density at radius 2 is 2.13 bits per heavy atom. The molecule has 0 aliphatic rings. The van der Waals surface area contributed by atoms with Crippen LogP contribution < -0.4 is 0 Å². The molecule has 1 N–H and O–H groups in total. The minimum atomic E-state index is -0.0525. The first kappa shape index (κ1) is 10.1. The Morgan fingerprint density at radius 3 is 2.67 bits per heavy atom. The average molecular weight is 223 g/mol. The van der Waals surface area contributed by atoms with Crippen LogP contribution >= 0.6 is 11.8 Å². The Morgan fingerprint density at radius 1 is 1.40 bits per heavy atom. The van der Waals surface area contributed by atoms with Crippen LogP contribution in [0, 0.1) is 6.92 Å². The molecule has 0 saturated heterocycles. The fourth-order valence-corrected chi connectivity index (χ4v) is 1.59. The van der Waals surface area contributed by atoms with E-state index in [-0.39, 0.29) is 6.61 Å². The zero-order chi connectivity index (χ0) is 10.7. The standard InChI is InChI=1S/C9H9N3O2S/c1-6-5-14-9(12-6)15-8-10-2-7(4-13)3-11-8/h2-3,5,13H,4H2,1H3. The van der Waals surface area contributed by atoms with Gasteiger partial charge in [0.25, 0.3) is 5.22 Å². The maximum Gasteiger partial charge on any atom is 0.263 e. The highest BCUT2D eigenvalue weighted by Gasteiger charge is 2.05. The molecule has 0 saturated carbocycles. The SMILES string of the molecule is Cc1coc(Sc2ncc(CO)cn2)n1. The van der Waals surface area contributed by atoms with Crippen molar-refractivity contribution in [1.82, 2.24) is 15.0 Å². The molecule has 0 aromatic carbocycles. The Balaban J connectivity index is 2.11. The van der Waals surface area contributed by atoms with Gasteiger partial charge in [0.2, 0.25) is 0 Å². The number of oxazole rings is 1. The summed E-state index contributed by atoms with van der Waals surface area (Å²) in [5, 5.41) is 9.87. The van der Waals surface area contributed by atoms with Gasteiger partial charge in [-0.15, -0.1) is 0 Å². The predicted octanol–water partition coefficient (Wildman–Crippen LogP) is 1.42. The van der Waals surface area contributed by atoms with Crippen molar-refractivity contribution in [2.45, 2.75) is 23.9 Å². The highest BCUT2D eigenvalue weighted by molar-refractivity contribution is 7.98. The third-order valence-corrected chi connectivity index (χ3v) is 2.40. The maximum absolute atomic E-state index is 8.80. The lowest BCUT2D eigenvalue weighted by Gasteiger charge is -1.96. The third-order valence-electron chi connectivity index (χ3n) is 1.64. The summed E-state index contributed by atoms with van der Waals surface area (Å²) in [5.41, 5.74) is 1.51. The van der Waals surface area contributed by atoms with Crippen LogP contribution in [-0.4, -0.2) is 20.1 Å². The number of aryl methyl sites for hydroxylation is 1. The first-order valence-electron chi connectivity index (χ1n) is 4.29. The van der Waals surface area contributed by atoms with E-state index >= 15 is 0 Å². The fraction of sp³-hybridized carbons (Fsp3) is 0.222. The van der Waals surface area contributed by atoms with E-state index < -0.39 is 0 Å². The molecule has 5 nitrogen and oxygen atoms in total.